The molecule has 1 fully saturated rings. The minimum atomic E-state index is -0.623. The Bertz CT molecular complexity index is 776. The molecule has 0 spiro atoms. The minimum absolute atomic E-state index is 0.0120. The summed E-state index contributed by atoms with van der Waals surface area (Å²) in [5, 5.41) is 2.96. The highest BCUT2D eigenvalue weighted by atomic mass is 16.5. The maximum absolute atomic E-state index is 13.6. The Morgan fingerprint density at radius 3 is 2.21 bits per heavy atom. The summed E-state index contributed by atoms with van der Waals surface area (Å²) in [4.78, 5) is 40.5. The number of Topliss-reactive ketones (excluding diaryl/α,β-unsaturated/α-hetero) is 1. The maximum atomic E-state index is 13.6. The Hall–Kier alpha value is -2.31. The summed E-state index contributed by atoms with van der Waals surface area (Å²) >= 11 is 0. The van der Waals surface area contributed by atoms with Gasteiger partial charge in [-0.05, 0) is 53.0 Å². The van der Waals surface area contributed by atoms with E-state index in [0.717, 1.165) is 32.1 Å². The van der Waals surface area contributed by atoms with Crippen molar-refractivity contribution in [1.82, 2.24) is 14.8 Å². The zero-order chi connectivity index (χ0) is 21.9. The number of hydrogen-bond donors (Lipinski definition) is 1. The Balaban J connectivity index is 2.43. The van der Waals surface area contributed by atoms with E-state index < -0.39 is 12.0 Å². The number of rotatable bonds is 6. The first-order chi connectivity index (χ1) is 13.6. The molecular formula is C22H35N3O4. The third-order valence-electron chi connectivity index (χ3n) is 5.97. The van der Waals surface area contributed by atoms with Gasteiger partial charge in [0.1, 0.15) is 5.69 Å². The Kier molecular flexibility index (Phi) is 7.49. The molecule has 0 bridgehead atoms. The number of amides is 2. The lowest BCUT2D eigenvalue weighted by molar-refractivity contribution is 0.0588. The number of aromatic nitrogens is 1. The molecule has 2 rings (SSSR count). The molecule has 7 heteroatoms. The normalized spacial score (nSPS) is 15.9. The largest absolute Gasteiger partial charge is 0.464 e. The summed E-state index contributed by atoms with van der Waals surface area (Å²) in [6.45, 7) is 9.20. The van der Waals surface area contributed by atoms with Gasteiger partial charge < -0.3 is 19.5 Å². The van der Waals surface area contributed by atoms with E-state index >= 15 is 0 Å². The van der Waals surface area contributed by atoms with E-state index in [9.17, 15) is 14.4 Å². The first-order valence-corrected chi connectivity index (χ1v) is 10.5. The molecule has 1 aromatic heterocycles. The zero-order valence-electron chi connectivity index (χ0n) is 18.8. The first-order valence-electron chi connectivity index (χ1n) is 10.5. The molecule has 1 aliphatic rings. The van der Waals surface area contributed by atoms with E-state index in [1.165, 1.54) is 7.11 Å². The van der Waals surface area contributed by atoms with Crippen LogP contribution in [0.15, 0.2) is 0 Å². The molecule has 1 heterocycles. The summed E-state index contributed by atoms with van der Waals surface area (Å²) in [5.41, 5.74) is 2.17. The molecule has 1 saturated carbocycles. The van der Waals surface area contributed by atoms with Crippen LogP contribution in [0.25, 0.3) is 0 Å². The van der Waals surface area contributed by atoms with Crippen molar-refractivity contribution in [2.45, 2.75) is 84.8 Å². The van der Waals surface area contributed by atoms with Crippen molar-refractivity contribution in [3.05, 3.63) is 22.5 Å². The van der Waals surface area contributed by atoms with Crippen LogP contribution in [-0.2, 0) is 11.8 Å². The van der Waals surface area contributed by atoms with Gasteiger partial charge in [-0.1, -0.05) is 19.3 Å². The van der Waals surface area contributed by atoms with Gasteiger partial charge in [0.15, 0.2) is 5.78 Å². The lowest BCUT2D eigenvalue weighted by Crippen LogP contribution is -2.55. The van der Waals surface area contributed by atoms with Crippen molar-refractivity contribution >= 4 is 17.8 Å². The lowest BCUT2D eigenvalue weighted by Gasteiger charge is -2.38. The molecule has 29 heavy (non-hydrogen) atoms. The maximum Gasteiger partial charge on any atom is 0.354 e. The van der Waals surface area contributed by atoms with E-state index in [-0.39, 0.29) is 23.9 Å². The van der Waals surface area contributed by atoms with Crippen LogP contribution < -0.4 is 5.32 Å². The highest BCUT2D eigenvalue weighted by molar-refractivity contribution is 6.06. The fourth-order valence-corrected chi connectivity index (χ4v) is 4.40. The van der Waals surface area contributed by atoms with Gasteiger partial charge in [-0.2, -0.15) is 0 Å². The molecule has 0 aliphatic heterocycles. The predicted molar refractivity (Wildman–Crippen MR) is 112 cm³/mol. The lowest BCUT2D eigenvalue weighted by atomic mass is 9.91. The second-order valence-electron chi connectivity index (χ2n) is 8.33. The molecule has 0 saturated heterocycles. The number of hydrogen-bond acceptors (Lipinski definition) is 4. The summed E-state index contributed by atoms with van der Waals surface area (Å²) in [7, 11) is 3.08. The fraction of sp³-hybridized carbons (Fsp3) is 0.682. The van der Waals surface area contributed by atoms with Gasteiger partial charge in [0.2, 0.25) is 0 Å². The van der Waals surface area contributed by atoms with E-state index in [4.69, 9.17) is 4.74 Å². The number of ether oxygens (including phenoxy) is 1. The van der Waals surface area contributed by atoms with Crippen LogP contribution in [-0.4, -0.2) is 52.5 Å². The minimum Gasteiger partial charge on any atom is -0.464 e. The van der Waals surface area contributed by atoms with Crippen LogP contribution >= 0.6 is 0 Å². The molecule has 162 valence electrons. The number of ketones is 1. The smallest absolute Gasteiger partial charge is 0.354 e. The van der Waals surface area contributed by atoms with Crippen LogP contribution in [0.2, 0.25) is 0 Å². The molecule has 0 aromatic carbocycles. The van der Waals surface area contributed by atoms with E-state index in [1.807, 2.05) is 20.8 Å². The van der Waals surface area contributed by atoms with Crippen molar-refractivity contribution in [3.8, 4) is 0 Å². The number of methoxy groups -OCH3 is 1. The van der Waals surface area contributed by atoms with Crippen molar-refractivity contribution in [2.24, 2.45) is 7.05 Å². The van der Waals surface area contributed by atoms with Gasteiger partial charge in [-0.3, -0.25) is 4.79 Å². The van der Waals surface area contributed by atoms with Crippen molar-refractivity contribution in [2.75, 3.05) is 7.11 Å². The van der Waals surface area contributed by atoms with Crippen molar-refractivity contribution < 1.29 is 19.1 Å². The van der Waals surface area contributed by atoms with Gasteiger partial charge in [0.25, 0.3) is 0 Å². The summed E-state index contributed by atoms with van der Waals surface area (Å²) < 4.78 is 6.58. The number of carbonyl (C=O) groups excluding carboxylic acids is 3. The van der Waals surface area contributed by atoms with Crippen molar-refractivity contribution in [1.29, 1.82) is 0 Å². The molecule has 7 nitrogen and oxygen atoms in total. The predicted octanol–water partition coefficient (Wildman–Crippen LogP) is 3.75. The van der Waals surface area contributed by atoms with Crippen LogP contribution in [0.3, 0.4) is 0 Å². The molecule has 1 unspecified atom stereocenters. The van der Waals surface area contributed by atoms with Crippen LogP contribution in [0, 0.1) is 13.8 Å². The highest BCUT2D eigenvalue weighted by Crippen LogP contribution is 2.28. The van der Waals surface area contributed by atoms with E-state index in [1.54, 1.807) is 30.4 Å². The third-order valence-corrected chi connectivity index (χ3v) is 5.97. The topological polar surface area (TPSA) is 80.6 Å². The van der Waals surface area contributed by atoms with E-state index in [0.29, 0.717) is 22.5 Å². The molecule has 2 amide bonds. The van der Waals surface area contributed by atoms with Gasteiger partial charge in [-0.15, -0.1) is 0 Å². The fourth-order valence-electron chi connectivity index (χ4n) is 4.40. The molecule has 1 N–H and O–H groups in total. The summed E-state index contributed by atoms with van der Waals surface area (Å²) in [6, 6.07) is -0.790. The van der Waals surface area contributed by atoms with Crippen LogP contribution in [0.1, 0.15) is 85.0 Å². The Morgan fingerprint density at radius 1 is 1.10 bits per heavy atom. The molecule has 1 atom stereocenters. The SMILES string of the molecule is COC(=O)c1c(C)c(C(=O)C(C)N(C(=O)NC(C)C)C2CCCCC2)c(C)n1C. The van der Waals surface area contributed by atoms with Gasteiger partial charge in [-0.25, -0.2) is 9.59 Å². The molecular weight excluding hydrogens is 370 g/mol. The molecule has 0 radical (unpaired) electrons. The average molecular weight is 406 g/mol. The number of nitrogens with zero attached hydrogens (tertiary/aromatic N) is 2. The monoisotopic (exact) mass is 405 g/mol. The first kappa shape index (κ1) is 23.0. The third kappa shape index (κ3) is 4.65. The van der Waals surface area contributed by atoms with Crippen LogP contribution in [0.5, 0.6) is 0 Å². The number of urea groups is 1. The zero-order valence-corrected chi connectivity index (χ0v) is 18.8. The van der Waals surface area contributed by atoms with Gasteiger partial charge >= 0.3 is 12.0 Å². The number of esters is 1. The Labute approximate surface area is 173 Å². The summed E-state index contributed by atoms with van der Waals surface area (Å²) in [6.07, 6.45) is 5.10. The number of carbonyl (C=O) groups is 3. The quantitative estimate of drug-likeness (QED) is 0.577. The van der Waals surface area contributed by atoms with Crippen molar-refractivity contribution in [3.63, 3.8) is 0 Å². The molecule has 1 aromatic rings. The number of nitrogens with one attached hydrogen (secondary N) is 1. The van der Waals surface area contributed by atoms with Gasteiger partial charge in [0, 0.05) is 30.4 Å². The van der Waals surface area contributed by atoms with Gasteiger partial charge in [0.05, 0.1) is 13.2 Å². The standard InChI is InChI=1S/C22H35N3O4/c1-13(2)23-22(28)25(17-11-9-8-10-12-17)16(5)20(26)18-14(3)19(21(27)29-7)24(6)15(18)4/h13,16-17H,8-12H2,1-7H3,(H,23,28). The second kappa shape index (κ2) is 9.46. The highest BCUT2D eigenvalue weighted by Gasteiger charge is 2.36. The van der Waals surface area contributed by atoms with E-state index in [2.05, 4.69) is 5.32 Å². The van der Waals surface area contributed by atoms with Crippen LogP contribution in [0.4, 0.5) is 4.79 Å². The average Bonchev–Trinajstić information content (AvgIpc) is 2.89. The molecule has 1 aliphatic carbocycles. The summed E-state index contributed by atoms with van der Waals surface area (Å²) in [5.74, 6) is -0.614. The second-order valence-corrected chi connectivity index (χ2v) is 8.33. The Morgan fingerprint density at radius 2 is 1.69 bits per heavy atom.